The third kappa shape index (κ3) is 4.01. The van der Waals surface area contributed by atoms with Crippen LogP contribution in [0.4, 0.5) is 0 Å². The van der Waals surface area contributed by atoms with Crippen molar-refractivity contribution in [1.29, 1.82) is 0 Å². The third-order valence-electron chi connectivity index (χ3n) is 3.48. The summed E-state index contributed by atoms with van der Waals surface area (Å²) in [5.41, 5.74) is 0. The average molecular weight is 348 g/mol. The minimum absolute atomic E-state index is 0. The topological polar surface area (TPSA) is 113 Å². The molecule has 0 radical (unpaired) electrons. The van der Waals surface area contributed by atoms with E-state index in [-0.39, 0.29) is 36.2 Å². The third-order valence-corrected chi connectivity index (χ3v) is 3.94. The van der Waals surface area contributed by atoms with Gasteiger partial charge in [-0.05, 0) is 20.8 Å². The van der Waals surface area contributed by atoms with Crippen LogP contribution in [0.1, 0.15) is 20.8 Å². The molecule has 0 amide bonds. The fourth-order valence-electron chi connectivity index (χ4n) is 2.77. The Morgan fingerprint density at radius 2 is 1.86 bits per heavy atom. The summed E-state index contributed by atoms with van der Waals surface area (Å²) >= 11 is 0. The Hall–Kier alpha value is 0.670. The van der Waals surface area contributed by atoms with Gasteiger partial charge in [-0.1, -0.05) is 0 Å². The van der Waals surface area contributed by atoms with Crippen LogP contribution in [0.2, 0.25) is 0 Å². The largest absolute Gasteiger partial charge is 1.00 e. The van der Waals surface area contributed by atoms with Crippen LogP contribution in [0.25, 0.3) is 0 Å². The van der Waals surface area contributed by atoms with Gasteiger partial charge in [0.1, 0.15) is 24.4 Å². The molecule has 3 fully saturated rings. The quantitative estimate of drug-likeness (QED) is 0.285. The summed E-state index contributed by atoms with van der Waals surface area (Å²) in [6.07, 6.45) is -4.85. The number of fused-ring (bicyclic) bond motifs is 2. The van der Waals surface area contributed by atoms with E-state index in [9.17, 15) is 13.0 Å². The number of rotatable bonds is 2. The summed E-state index contributed by atoms with van der Waals surface area (Å²) < 4.78 is 65.3. The van der Waals surface area contributed by atoms with E-state index >= 15 is 0 Å². The van der Waals surface area contributed by atoms with Crippen molar-refractivity contribution >= 4 is 10.4 Å². The second-order valence-corrected chi connectivity index (χ2v) is 6.62. The zero-order valence-corrected chi connectivity index (χ0v) is 15.6. The first-order valence-electron chi connectivity index (χ1n) is 6.57. The van der Waals surface area contributed by atoms with Crippen molar-refractivity contribution in [2.45, 2.75) is 63.6 Å². The summed E-state index contributed by atoms with van der Waals surface area (Å²) in [7, 11) is -4.93. The van der Waals surface area contributed by atoms with Crippen molar-refractivity contribution in [2.24, 2.45) is 0 Å². The molecule has 3 heterocycles. The molecule has 9 nitrogen and oxygen atoms in total. The molecule has 0 spiro atoms. The molecule has 2 unspecified atom stereocenters. The summed E-state index contributed by atoms with van der Waals surface area (Å²) in [5, 5.41) is 0. The first-order chi connectivity index (χ1) is 9.65. The Morgan fingerprint density at radius 3 is 2.50 bits per heavy atom. The zero-order chi connectivity index (χ0) is 15.4. The van der Waals surface area contributed by atoms with E-state index < -0.39 is 53.2 Å². The van der Waals surface area contributed by atoms with E-state index in [4.69, 9.17) is 23.7 Å². The number of hydrogen-bond donors (Lipinski definition) is 0. The number of hydrogen-bond acceptors (Lipinski definition) is 9. The van der Waals surface area contributed by atoms with Crippen LogP contribution in [0.15, 0.2) is 0 Å². The van der Waals surface area contributed by atoms with E-state index in [1.165, 1.54) is 0 Å². The molecule has 3 saturated heterocycles. The predicted octanol–water partition coefficient (Wildman–Crippen LogP) is -3.53. The van der Waals surface area contributed by atoms with Crippen molar-refractivity contribution < 1.29 is 70.4 Å². The summed E-state index contributed by atoms with van der Waals surface area (Å²) in [6, 6.07) is 0. The Morgan fingerprint density at radius 1 is 1.18 bits per heavy atom. The van der Waals surface area contributed by atoms with E-state index in [2.05, 4.69) is 4.18 Å². The monoisotopic (exact) mass is 348 g/mol. The first-order valence-corrected chi connectivity index (χ1v) is 7.90. The van der Waals surface area contributed by atoms with Crippen LogP contribution in [-0.2, 0) is 38.3 Å². The normalized spacial score (nSPS) is 43.8. The maximum Gasteiger partial charge on any atom is 1.00 e. The molecule has 3 aliphatic heterocycles. The minimum Gasteiger partial charge on any atom is -0.726 e. The molecule has 0 aromatic carbocycles. The SMILES string of the molecule is C[C@H]1OCC2O[C@@H]3OC(C)(C)O[C@@H]3[C@@H](OS(=O)(=O)[O-])C2O1.[Na+]. The van der Waals surface area contributed by atoms with Gasteiger partial charge in [0.15, 0.2) is 18.4 Å². The molecule has 3 aliphatic rings. The van der Waals surface area contributed by atoms with Crippen LogP contribution in [-0.4, -0.2) is 62.4 Å². The van der Waals surface area contributed by atoms with Crippen molar-refractivity contribution in [2.75, 3.05) is 6.61 Å². The van der Waals surface area contributed by atoms with Gasteiger partial charge in [0.05, 0.1) is 6.61 Å². The van der Waals surface area contributed by atoms with Crippen LogP contribution in [0.3, 0.4) is 0 Å². The molecule has 0 saturated carbocycles. The van der Waals surface area contributed by atoms with Gasteiger partial charge >= 0.3 is 29.6 Å². The molecule has 122 valence electrons. The van der Waals surface area contributed by atoms with Gasteiger partial charge in [-0.15, -0.1) is 0 Å². The van der Waals surface area contributed by atoms with Gasteiger partial charge in [-0.2, -0.15) is 0 Å². The van der Waals surface area contributed by atoms with E-state index in [0.717, 1.165) is 0 Å². The van der Waals surface area contributed by atoms with Crippen molar-refractivity contribution in [1.82, 2.24) is 0 Å². The van der Waals surface area contributed by atoms with Crippen LogP contribution < -0.4 is 29.6 Å². The Balaban J connectivity index is 0.00000176. The standard InChI is InChI=1S/C11H18O9S.Na/c1-5-15-4-6-7(16-5)8(20-21(12,13)14)9-10(17-6)19-11(2,3)18-9;/h5-10H,4H2,1-3H3,(H,12,13,14);/q;+1/p-1/t5-,6?,7?,8-,9+,10+;/m0./s1. The molecular formula is C11H17NaO9S. The maximum atomic E-state index is 11.0. The van der Waals surface area contributed by atoms with Crippen LogP contribution in [0.5, 0.6) is 0 Å². The van der Waals surface area contributed by atoms with E-state index in [1.807, 2.05) is 0 Å². The smallest absolute Gasteiger partial charge is 0.726 e. The van der Waals surface area contributed by atoms with Crippen LogP contribution >= 0.6 is 0 Å². The van der Waals surface area contributed by atoms with Gasteiger partial charge < -0.3 is 28.2 Å². The molecule has 0 N–H and O–H groups in total. The second kappa shape index (κ2) is 6.52. The summed E-state index contributed by atoms with van der Waals surface area (Å²) in [5.74, 6) is -0.983. The first kappa shape index (κ1) is 19.0. The molecule has 0 aromatic heterocycles. The molecule has 3 rings (SSSR count). The van der Waals surface area contributed by atoms with E-state index in [0.29, 0.717) is 0 Å². The summed E-state index contributed by atoms with van der Waals surface area (Å²) in [4.78, 5) is 0. The van der Waals surface area contributed by atoms with Crippen LogP contribution in [0, 0.1) is 0 Å². The fourth-order valence-corrected chi connectivity index (χ4v) is 3.26. The maximum absolute atomic E-state index is 11.0. The Labute approximate surface area is 150 Å². The molecule has 0 aliphatic carbocycles. The molecule has 22 heavy (non-hydrogen) atoms. The van der Waals surface area contributed by atoms with Gasteiger partial charge in [0.2, 0.25) is 10.4 Å². The summed E-state index contributed by atoms with van der Waals surface area (Å²) in [6.45, 7) is 5.14. The molecule has 6 atom stereocenters. The van der Waals surface area contributed by atoms with Crippen molar-refractivity contribution in [3.8, 4) is 0 Å². The second-order valence-electron chi connectivity index (χ2n) is 5.61. The molecular weight excluding hydrogens is 331 g/mol. The van der Waals surface area contributed by atoms with Gasteiger partial charge in [0, 0.05) is 0 Å². The fraction of sp³-hybridized carbons (Fsp3) is 1.00. The molecule has 0 bridgehead atoms. The predicted molar refractivity (Wildman–Crippen MR) is 63.6 cm³/mol. The van der Waals surface area contributed by atoms with E-state index in [1.54, 1.807) is 20.8 Å². The minimum atomic E-state index is -4.93. The average Bonchev–Trinajstić information content (AvgIpc) is 2.62. The number of ether oxygens (including phenoxy) is 5. The Kier molecular flexibility index (Phi) is 5.64. The van der Waals surface area contributed by atoms with Crippen molar-refractivity contribution in [3.05, 3.63) is 0 Å². The molecule has 0 aromatic rings. The van der Waals surface area contributed by atoms with Gasteiger partial charge in [0.25, 0.3) is 0 Å². The zero-order valence-electron chi connectivity index (χ0n) is 12.8. The van der Waals surface area contributed by atoms with Gasteiger partial charge in [-0.25, -0.2) is 8.42 Å². The van der Waals surface area contributed by atoms with Gasteiger partial charge in [-0.3, -0.25) is 4.18 Å². The molecule has 11 heteroatoms. The van der Waals surface area contributed by atoms with Crippen molar-refractivity contribution in [3.63, 3.8) is 0 Å². The Bertz CT molecular complexity index is 508.